The van der Waals surface area contributed by atoms with E-state index in [-0.39, 0.29) is 23.6 Å². The zero-order valence-electron chi connectivity index (χ0n) is 19.8. The highest BCUT2D eigenvalue weighted by Gasteiger charge is 2.26. The van der Waals surface area contributed by atoms with E-state index in [0.29, 0.717) is 5.56 Å². The van der Waals surface area contributed by atoms with Crippen LogP contribution in [0.15, 0.2) is 83.0 Å². The summed E-state index contributed by atoms with van der Waals surface area (Å²) in [5.41, 5.74) is 5.36. The van der Waals surface area contributed by atoms with Gasteiger partial charge in [0.05, 0.1) is 0 Å². The van der Waals surface area contributed by atoms with Crippen LogP contribution in [0.1, 0.15) is 64.2 Å². The van der Waals surface area contributed by atoms with Crippen LogP contribution in [0.4, 0.5) is 0 Å². The van der Waals surface area contributed by atoms with Crippen molar-refractivity contribution in [2.75, 3.05) is 6.61 Å². The third kappa shape index (κ3) is 7.84. The first kappa shape index (κ1) is 25.1. The predicted octanol–water partition coefficient (Wildman–Crippen LogP) is 6.65. The molecule has 0 heterocycles. The number of carbonyl (C=O) groups is 2. The maximum Gasteiger partial charge on any atom is 0.331 e. The summed E-state index contributed by atoms with van der Waals surface area (Å²) < 4.78 is 5.03. The van der Waals surface area contributed by atoms with Crippen molar-refractivity contribution < 1.29 is 19.4 Å². The Balaban J connectivity index is 1.88. The van der Waals surface area contributed by atoms with E-state index in [1.807, 2.05) is 18.2 Å². The molecule has 0 amide bonds. The summed E-state index contributed by atoms with van der Waals surface area (Å²) in [5, 5.41) is 9.26. The molecule has 2 rings (SSSR count). The minimum atomic E-state index is -0.568. The first-order chi connectivity index (χ1) is 15.1. The van der Waals surface area contributed by atoms with Crippen molar-refractivity contribution in [3.63, 3.8) is 0 Å². The number of ketones is 1. The predicted molar refractivity (Wildman–Crippen MR) is 130 cm³/mol. The van der Waals surface area contributed by atoms with Crippen molar-refractivity contribution in [2.24, 2.45) is 5.41 Å². The topological polar surface area (TPSA) is 63.6 Å². The largest absolute Gasteiger partial charge is 0.508 e. The number of hydrogen-bond donors (Lipinski definition) is 1. The number of esters is 1. The Morgan fingerprint density at radius 1 is 1.09 bits per heavy atom. The third-order valence-corrected chi connectivity index (χ3v) is 5.65. The summed E-state index contributed by atoms with van der Waals surface area (Å²) in [5.74, 6) is -0.813. The Kier molecular flexibility index (Phi) is 9.01. The Labute approximate surface area is 191 Å². The number of aromatic hydroxyl groups is 1. The fourth-order valence-corrected chi connectivity index (χ4v) is 3.78. The highest BCUT2D eigenvalue weighted by Crippen LogP contribution is 2.40. The molecule has 1 aromatic rings. The van der Waals surface area contributed by atoms with Crippen LogP contribution >= 0.6 is 0 Å². The molecular weight excluding hydrogens is 400 g/mol. The van der Waals surface area contributed by atoms with Crippen LogP contribution in [0, 0.1) is 5.41 Å². The Hall–Kier alpha value is -3.14. The van der Waals surface area contributed by atoms with Gasteiger partial charge in [0.2, 0.25) is 0 Å². The summed E-state index contributed by atoms with van der Waals surface area (Å²) in [6.45, 7) is 10.4. The molecule has 0 aromatic heterocycles. The van der Waals surface area contributed by atoms with Crippen LogP contribution in [-0.4, -0.2) is 23.5 Å². The molecule has 0 atom stereocenters. The highest BCUT2D eigenvalue weighted by atomic mass is 16.5. The van der Waals surface area contributed by atoms with Gasteiger partial charge < -0.3 is 9.84 Å². The lowest BCUT2D eigenvalue weighted by atomic mass is 9.72. The summed E-state index contributed by atoms with van der Waals surface area (Å²) in [7, 11) is 0. The fraction of sp³-hybridized carbons (Fsp3) is 0.357. The first-order valence-corrected chi connectivity index (χ1v) is 11.0. The van der Waals surface area contributed by atoms with Crippen molar-refractivity contribution in [3.05, 3.63) is 88.6 Å². The Morgan fingerprint density at radius 2 is 1.78 bits per heavy atom. The van der Waals surface area contributed by atoms with E-state index in [1.165, 1.54) is 60.8 Å². The normalized spacial score (nSPS) is 17.3. The third-order valence-electron chi connectivity index (χ3n) is 5.65. The van der Waals surface area contributed by atoms with Gasteiger partial charge in [0, 0.05) is 11.6 Å². The van der Waals surface area contributed by atoms with Crippen LogP contribution in [0.2, 0.25) is 0 Å². The molecule has 4 nitrogen and oxygen atoms in total. The molecule has 0 saturated heterocycles. The van der Waals surface area contributed by atoms with Gasteiger partial charge in [-0.3, -0.25) is 4.79 Å². The molecule has 1 aromatic carbocycles. The van der Waals surface area contributed by atoms with Crippen LogP contribution in [0.3, 0.4) is 0 Å². The number of hydrogen-bond acceptors (Lipinski definition) is 4. The lowest BCUT2D eigenvalue weighted by Crippen LogP contribution is -2.19. The Bertz CT molecular complexity index is 983. The van der Waals surface area contributed by atoms with Gasteiger partial charge in [0.1, 0.15) is 5.75 Å². The van der Waals surface area contributed by atoms with E-state index in [9.17, 15) is 14.7 Å². The molecule has 0 fully saturated rings. The van der Waals surface area contributed by atoms with Crippen molar-refractivity contribution >= 4 is 11.8 Å². The number of allylic oxidation sites excluding steroid dienone is 9. The molecule has 32 heavy (non-hydrogen) atoms. The lowest BCUT2D eigenvalue weighted by molar-refractivity contribution is -0.136. The summed E-state index contributed by atoms with van der Waals surface area (Å²) in [6.07, 6.45) is 15.1. The van der Waals surface area contributed by atoms with Gasteiger partial charge in [-0.05, 0) is 80.9 Å². The van der Waals surface area contributed by atoms with Gasteiger partial charge in [0.25, 0.3) is 0 Å². The molecule has 1 aliphatic carbocycles. The molecule has 1 N–H and O–H groups in total. The van der Waals surface area contributed by atoms with E-state index in [2.05, 4.69) is 39.8 Å². The summed E-state index contributed by atoms with van der Waals surface area (Å²) >= 11 is 0. The van der Waals surface area contributed by atoms with Gasteiger partial charge in [0.15, 0.2) is 12.4 Å². The van der Waals surface area contributed by atoms with E-state index >= 15 is 0 Å². The van der Waals surface area contributed by atoms with E-state index < -0.39 is 5.97 Å². The van der Waals surface area contributed by atoms with Crippen LogP contribution in [0.25, 0.3) is 0 Å². The van der Waals surface area contributed by atoms with Crippen LogP contribution in [-0.2, 0) is 9.53 Å². The molecule has 4 heteroatoms. The van der Waals surface area contributed by atoms with Crippen molar-refractivity contribution in [1.82, 2.24) is 0 Å². The number of phenolic OH excluding ortho intramolecular Hbond substituents is 1. The zero-order valence-corrected chi connectivity index (χ0v) is 19.8. The minimum Gasteiger partial charge on any atom is -0.508 e. The van der Waals surface area contributed by atoms with E-state index in [1.54, 1.807) is 6.92 Å². The molecule has 0 unspecified atom stereocenters. The molecule has 0 radical (unpaired) electrons. The zero-order chi connectivity index (χ0) is 23.7. The van der Waals surface area contributed by atoms with Gasteiger partial charge >= 0.3 is 5.97 Å². The number of rotatable bonds is 8. The highest BCUT2D eigenvalue weighted by molar-refractivity contribution is 5.98. The number of Topliss-reactive ketones (excluding diaryl/α,β-unsaturated/α-hetero) is 1. The summed E-state index contributed by atoms with van der Waals surface area (Å²) in [6, 6.07) is 5.82. The van der Waals surface area contributed by atoms with Crippen molar-refractivity contribution in [3.8, 4) is 5.75 Å². The van der Waals surface area contributed by atoms with E-state index in [0.717, 1.165) is 11.1 Å². The average Bonchev–Trinajstić information content (AvgIpc) is 2.71. The minimum absolute atomic E-state index is 0.0775. The number of benzene rings is 1. The molecule has 170 valence electrons. The maximum atomic E-state index is 12.0. The molecule has 0 bridgehead atoms. The fourth-order valence-electron chi connectivity index (χ4n) is 3.78. The second-order valence-electron chi connectivity index (χ2n) is 9.00. The maximum absolute atomic E-state index is 12.0. The average molecular weight is 435 g/mol. The van der Waals surface area contributed by atoms with Crippen LogP contribution < -0.4 is 0 Å². The second-order valence-corrected chi connectivity index (χ2v) is 9.00. The molecular formula is C28H34O4. The smallest absolute Gasteiger partial charge is 0.331 e. The monoisotopic (exact) mass is 434 g/mol. The van der Waals surface area contributed by atoms with Gasteiger partial charge in [-0.15, -0.1) is 0 Å². The molecule has 0 spiro atoms. The SMILES string of the molecule is CC(C=CC1=C(C)CCCC1(C)C)=CC=CC(C)=CC(=O)OCC(=O)c1ccc(O)cc1. The van der Waals surface area contributed by atoms with Gasteiger partial charge in [-0.25, -0.2) is 4.79 Å². The van der Waals surface area contributed by atoms with Crippen molar-refractivity contribution in [2.45, 2.75) is 53.9 Å². The molecule has 0 aliphatic heterocycles. The van der Waals surface area contributed by atoms with Gasteiger partial charge in [-0.2, -0.15) is 0 Å². The van der Waals surface area contributed by atoms with Crippen molar-refractivity contribution in [1.29, 1.82) is 0 Å². The summed E-state index contributed by atoms with van der Waals surface area (Å²) in [4.78, 5) is 24.0. The van der Waals surface area contributed by atoms with Crippen LogP contribution in [0.5, 0.6) is 5.75 Å². The molecule has 1 aliphatic rings. The lowest BCUT2D eigenvalue weighted by Gasteiger charge is -2.32. The first-order valence-electron chi connectivity index (χ1n) is 11.0. The quantitative estimate of drug-likeness (QED) is 0.215. The number of carbonyl (C=O) groups excluding carboxylic acids is 2. The van der Waals surface area contributed by atoms with E-state index in [4.69, 9.17) is 4.74 Å². The van der Waals surface area contributed by atoms with Gasteiger partial charge in [-0.1, -0.05) is 55.4 Å². The molecule has 0 saturated carbocycles. The number of ether oxygens (including phenoxy) is 1. The standard InChI is InChI=1S/C28H34O4/c1-20(11-16-25-22(3)10-7-17-28(25,4)5)8-6-9-21(2)18-27(31)32-19-26(30)23-12-14-24(29)15-13-23/h6,8-9,11-16,18,29H,7,10,17,19H2,1-5H3. The second kappa shape index (κ2) is 11.5. The Morgan fingerprint density at radius 3 is 2.44 bits per heavy atom. The number of phenols is 1.